The van der Waals surface area contributed by atoms with Gasteiger partial charge < -0.3 is 47.4 Å². The standard InChI is InChI=1S/2C18H34O2.3C2H6O.CH4O4S.2H3N/c2*1-2-3-4-5-6-7-8-9-10-11-12-13-14-15-16-17-18(19)20;3*1-2-3;1-5-6(2,3)4;;/h2*9-10H,2-8,11-17H2,1H3,(H,19,20);3*3H,2H2,1H3;1H3,(H,2,3,4);2*1H3/b2*10-9-;;;;;;. The highest BCUT2D eigenvalue weighted by molar-refractivity contribution is 7.80. The van der Waals surface area contributed by atoms with Gasteiger partial charge in [0.2, 0.25) is 0 Å². The van der Waals surface area contributed by atoms with E-state index in [-0.39, 0.29) is 45.0 Å². The van der Waals surface area contributed by atoms with Gasteiger partial charge in [-0.2, -0.15) is 8.42 Å². The summed E-state index contributed by atoms with van der Waals surface area (Å²) in [7, 11) is -3.29. The van der Waals surface area contributed by atoms with Gasteiger partial charge in [0, 0.05) is 31.8 Å². The SMILES string of the molecule is CCCCCCCC/C=C\CCCCCCCC(=O)[O-].CCCCCCCC/C=C\CCCCCCCC(=O)[O-].CCO.CCO.CCO.COS(=O)(=O)O.[NH4+].[NH4+]. The second-order valence-corrected chi connectivity index (χ2v) is 14.1. The van der Waals surface area contributed by atoms with E-state index >= 15 is 0 Å². The van der Waals surface area contributed by atoms with E-state index in [1.54, 1.807) is 20.8 Å². The zero-order chi connectivity index (χ0) is 43.1. The second-order valence-electron chi connectivity index (χ2n) is 13.0. The zero-order valence-electron chi connectivity index (χ0n) is 38.3. The van der Waals surface area contributed by atoms with Gasteiger partial charge in [0.1, 0.15) is 0 Å². The van der Waals surface area contributed by atoms with Crippen molar-refractivity contribution in [1.29, 1.82) is 0 Å². The van der Waals surface area contributed by atoms with Gasteiger partial charge in [0.05, 0.1) is 7.11 Å². The maximum atomic E-state index is 10.2. The van der Waals surface area contributed by atoms with Crippen LogP contribution in [-0.4, -0.2) is 67.2 Å². The molecule has 0 bridgehead atoms. The summed E-state index contributed by atoms with van der Waals surface area (Å²) < 4.78 is 29.7. The number of carboxylic acid groups (broad SMARTS) is 2. The fourth-order valence-corrected chi connectivity index (χ4v) is 4.68. The minimum Gasteiger partial charge on any atom is -0.550 e. The molecule has 57 heavy (non-hydrogen) atoms. The van der Waals surface area contributed by atoms with E-state index < -0.39 is 22.3 Å². The Hall–Kier alpha value is -1.91. The first-order valence-electron chi connectivity index (χ1n) is 21.4. The van der Waals surface area contributed by atoms with Crippen LogP contribution in [0.3, 0.4) is 0 Å². The summed E-state index contributed by atoms with van der Waals surface area (Å²) in [5.74, 6) is -1.83. The number of unbranched alkanes of at least 4 members (excludes halogenated alkanes) is 22. The number of carbonyl (C=O) groups excluding carboxylic acids is 2. The largest absolute Gasteiger partial charge is 0.550 e. The van der Waals surface area contributed by atoms with Crippen LogP contribution < -0.4 is 22.5 Å². The molecule has 0 aromatic rings. The summed E-state index contributed by atoms with van der Waals surface area (Å²) in [5.41, 5.74) is 0. The average molecular weight is 849 g/mol. The van der Waals surface area contributed by atoms with Crippen molar-refractivity contribution in [3.63, 3.8) is 0 Å². The van der Waals surface area contributed by atoms with Gasteiger partial charge in [-0.25, -0.2) is 0 Å². The minimum absolute atomic E-state index is 0. The van der Waals surface area contributed by atoms with Crippen LogP contribution in [0.1, 0.15) is 214 Å². The molecule has 0 spiro atoms. The maximum absolute atomic E-state index is 10.2. The minimum atomic E-state index is -4.16. The van der Waals surface area contributed by atoms with Crippen molar-refractivity contribution in [3.05, 3.63) is 24.3 Å². The molecule has 0 aliphatic heterocycles. The van der Waals surface area contributed by atoms with Crippen molar-refractivity contribution in [3.8, 4) is 0 Å². The highest BCUT2D eigenvalue weighted by Gasteiger charge is 1.95. The Balaban J connectivity index is -0.000000101. The Morgan fingerprint density at radius 1 is 0.456 bits per heavy atom. The van der Waals surface area contributed by atoms with Crippen molar-refractivity contribution in [1.82, 2.24) is 12.3 Å². The van der Waals surface area contributed by atoms with E-state index in [1.807, 2.05) is 0 Å². The predicted octanol–water partition coefficient (Wildman–Crippen LogP) is 9.73. The zero-order valence-corrected chi connectivity index (χ0v) is 39.1. The van der Waals surface area contributed by atoms with E-state index in [1.165, 1.54) is 128 Å². The number of aliphatic hydroxyl groups is 3. The molecular weight excluding hydrogens is 753 g/mol. The van der Waals surface area contributed by atoms with Crippen molar-refractivity contribution >= 4 is 22.3 Å². The van der Waals surface area contributed by atoms with Crippen LogP contribution in [0.15, 0.2) is 24.3 Å². The van der Waals surface area contributed by atoms with Gasteiger partial charge in [-0.3, -0.25) is 8.74 Å². The summed E-state index contributed by atoms with van der Waals surface area (Å²) in [6, 6.07) is 0. The fourth-order valence-electron chi connectivity index (χ4n) is 4.68. The van der Waals surface area contributed by atoms with Crippen molar-refractivity contribution < 1.29 is 52.3 Å². The number of hydrogen-bond donors (Lipinski definition) is 6. The first-order chi connectivity index (χ1) is 26.3. The third kappa shape index (κ3) is 119. The first kappa shape index (κ1) is 72.7. The molecule has 0 rings (SSSR count). The van der Waals surface area contributed by atoms with E-state index in [0.29, 0.717) is 0 Å². The van der Waals surface area contributed by atoms with Crippen LogP contribution in [0.5, 0.6) is 0 Å². The Morgan fingerprint density at radius 3 is 0.807 bits per heavy atom. The monoisotopic (exact) mass is 849 g/mol. The molecule has 0 radical (unpaired) electrons. The van der Waals surface area contributed by atoms with Crippen molar-refractivity contribution in [2.24, 2.45) is 0 Å². The number of aliphatic carboxylic acids is 2. The number of hydrogen-bond acceptors (Lipinski definition) is 10. The number of aliphatic hydroxyl groups excluding tert-OH is 3. The molecule has 0 aliphatic carbocycles. The Kier molecular flexibility index (Phi) is 91.5. The molecule has 0 aliphatic rings. The number of carboxylic acids is 2. The van der Waals surface area contributed by atoms with E-state index in [9.17, 15) is 28.2 Å². The summed E-state index contributed by atoms with van der Waals surface area (Å²) >= 11 is 0. The molecule has 0 heterocycles. The van der Waals surface area contributed by atoms with E-state index in [2.05, 4.69) is 42.3 Å². The molecule has 13 nitrogen and oxygen atoms in total. The predicted molar refractivity (Wildman–Crippen MR) is 238 cm³/mol. The molecule has 350 valence electrons. The van der Waals surface area contributed by atoms with Crippen molar-refractivity contribution in [2.45, 2.75) is 214 Å². The Morgan fingerprint density at radius 2 is 0.632 bits per heavy atom. The Bertz CT molecular complexity index is 805. The van der Waals surface area contributed by atoms with Crippen LogP contribution in [0.4, 0.5) is 0 Å². The molecule has 14 heteroatoms. The molecule has 0 aromatic carbocycles. The number of carbonyl (C=O) groups is 2. The molecule has 0 saturated heterocycles. The quantitative estimate of drug-likeness (QED) is 0.0217. The molecule has 12 N–H and O–H groups in total. The van der Waals surface area contributed by atoms with Crippen LogP contribution in [0, 0.1) is 0 Å². The molecule has 0 atom stereocenters. The average Bonchev–Trinajstić information content (AvgIpc) is 3.12. The first-order valence-corrected chi connectivity index (χ1v) is 22.8. The van der Waals surface area contributed by atoms with Gasteiger partial charge in [0.25, 0.3) is 0 Å². The normalized spacial score (nSPS) is 10.1. The van der Waals surface area contributed by atoms with Gasteiger partial charge in [-0.15, -0.1) is 0 Å². The summed E-state index contributed by atoms with van der Waals surface area (Å²) in [4.78, 5) is 20.4. The van der Waals surface area contributed by atoms with Gasteiger partial charge in [-0.05, 0) is 97.8 Å². The summed E-state index contributed by atoms with van der Waals surface area (Å²) in [5, 5.41) is 43.1. The van der Waals surface area contributed by atoms with Crippen LogP contribution in [0.25, 0.3) is 0 Å². The highest BCUT2D eigenvalue weighted by Crippen LogP contribution is 2.11. The van der Waals surface area contributed by atoms with Gasteiger partial charge in [-0.1, -0.05) is 141 Å². The lowest BCUT2D eigenvalue weighted by Gasteiger charge is -2.01. The van der Waals surface area contributed by atoms with E-state index in [0.717, 1.165) is 45.6 Å². The van der Waals surface area contributed by atoms with Gasteiger partial charge >= 0.3 is 10.4 Å². The van der Waals surface area contributed by atoms with Crippen LogP contribution >= 0.6 is 0 Å². The number of allylic oxidation sites excluding steroid dienone is 4. The topological polar surface area (TPSA) is 278 Å². The van der Waals surface area contributed by atoms with Crippen LogP contribution in [0.2, 0.25) is 0 Å². The lowest BCUT2D eigenvalue weighted by Crippen LogP contribution is -2.21. The Labute approximate surface area is 351 Å². The lowest BCUT2D eigenvalue weighted by atomic mass is 10.1. The molecule has 0 amide bonds. The smallest absolute Gasteiger partial charge is 0.397 e. The molecule has 0 fully saturated rings. The third-order valence-electron chi connectivity index (χ3n) is 7.50. The third-order valence-corrected chi connectivity index (χ3v) is 7.92. The second kappa shape index (κ2) is 71.8. The molecule has 0 unspecified atom stereocenters. The number of quaternary nitrogens is 2. The molecular formula is C43H96N2O11S. The maximum Gasteiger partial charge on any atom is 0.397 e. The van der Waals surface area contributed by atoms with Crippen LogP contribution in [-0.2, 0) is 24.2 Å². The highest BCUT2D eigenvalue weighted by atomic mass is 32.3. The summed E-state index contributed by atoms with van der Waals surface area (Å²) in [6.07, 6.45) is 41.8. The van der Waals surface area contributed by atoms with Gasteiger partial charge in [0.15, 0.2) is 0 Å². The fraction of sp³-hybridized carbons (Fsp3) is 0.860. The lowest BCUT2D eigenvalue weighted by molar-refractivity contribution is -0.307. The van der Waals surface area contributed by atoms with E-state index in [4.69, 9.17) is 19.9 Å². The summed E-state index contributed by atoms with van der Waals surface area (Å²) in [6.45, 7) is 10.3. The molecule has 0 aromatic heterocycles. The molecule has 0 saturated carbocycles. The number of rotatable bonds is 31. The van der Waals surface area contributed by atoms with Crippen molar-refractivity contribution in [2.75, 3.05) is 26.9 Å².